The predicted molar refractivity (Wildman–Crippen MR) is 162 cm³/mol. The fourth-order valence-electron chi connectivity index (χ4n) is 4.41. The molecule has 0 radical (unpaired) electrons. The van der Waals surface area contributed by atoms with Gasteiger partial charge in [-0.15, -0.1) is 0 Å². The van der Waals surface area contributed by atoms with Gasteiger partial charge >= 0.3 is 0 Å². The molecule has 1 atom stereocenters. The van der Waals surface area contributed by atoms with Gasteiger partial charge in [-0.05, 0) is 57.6 Å². The van der Waals surface area contributed by atoms with E-state index >= 15 is 0 Å². The summed E-state index contributed by atoms with van der Waals surface area (Å²) in [7, 11) is 0.482. The van der Waals surface area contributed by atoms with Crippen molar-refractivity contribution in [2.45, 2.75) is 38.1 Å². The summed E-state index contributed by atoms with van der Waals surface area (Å²) in [5, 5.41) is 6.55. The van der Waals surface area contributed by atoms with E-state index < -0.39 is 10.0 Å². The van der Waals surface area contributed by atoms with Gasteiger partial charge in [-0.3, -0.25) is 0 Å². The maximum absolute atomic E-state index is 13.0. The van der Waals surface area contributed by atoms with Crippen molar-refractivity contribution in [3.05, 3.63) is 53.7 Å². The van der Waals surface area contributed by atoms with Gasteiger partial charge in [-0.25, -0.2) is 18.1 Å². The predicted octanol–water partition coefficient (Wildman–Crippen LogP) is 5.09. The first-order chi connectivity index (χ1) is 19.1. The van der Waals surface area contributed by atoms with Crippen molar-refractivity contribution in [3.63, 3.8) is 0 Å². The Hall–Kier alpha value is -3.12. The van der Waals surface area contributed by atoms with Gasteiger partial charge in [-0.1, -0.05) is 37.6 Å². The standard InChI is InChI=1S/C28H38ClN7O3S/c1-6-39-25-15-20(36-14-13-21(18-36)35(4)5)11-12-23(25)33-28-30-17-22(29)27(34-28)32-24-9-7-8-10-26(24)40(37,38)31-16-19(2)3/h7-12,15,17,19,21,31H,6,13-14,16,18H2,1-5H3,(H2,30,32,33,34)/t21-/m0/s1. The zero-order valence-electron chi connectivity index (χ0n) is 23.6. The number of likely N-dealkylation sites (N-methyl/N-ethyl adjacent to an activating group) is 1. The Bertz CT molecular complexity index is 1420. The van der Waals surface area contributed by atoms with E-state index in [1.165, 1.54) is 12.3 Å². The van der Waals surface area contributed by atoms with Gasteiger partial charge < -0.3 is 25.2 Å². The highest BCUT2D eigenvalue weighted by atomic mass is 35.5. The second-order valence-corrected chi connectivity index (χ2v) is 12.5. The van der Waals surface area contributed by atoms with Gasteiger partial charge in [0.2, 0.25) is 16.0 Å². The minimum atomic E-state index is -3.75. The second-order valence-electron chi connectivity index (χ2n) is 10.3. The van der Waals surface area contributed by atoms with Gasteiger partial charge in [0.05, 0.1) is 24.2 Å². The lowest BCUT2D eigenvalue weighted by atomic mass is 10.2. The highest BCUT2D eigenvalue weighted by molar-refractivity contribution is 7.89. The first-order valence-electron chi connectivity index (χ1n) is 13.4. The molecule has 40 heavy (non-hydrogen) atoms. The first kappa shape index (κ1) is 29.9. The molecule has 10 nitrogen and oxygen atoms in total. The number of sulfonamides is 1. The number of ether oxygens (including phenoxy) is 1. The van der Waals surface area contributed by atoms with Crippen molar-refractivity contribution in [2.24, 2.45) is 5.92 Å². The minimum Gasteiger partial charge on any atom is -0.492 e. The van der Waals surface area contributed by atoms with Gasteiger partial charge in [0.25, 0.3) is 0 Å². The molecule has 0 bridgehead atoms. The number of anilines is 5. The molecule has 0 amide bonds. The maximum Gasteiger partial charge on any atom is 0.242 e. The summed E-state index contributed by atoms with van der Waals surface area (Å²) >= 11 is 6.41. The number of nitrogens with zero attached hydrogens (tertiary/aromatic N) is 4. The van der Waals surface area contributed by atoms with Crippen LogP contribution >= 0.6 is 11.6 Å². The molecule has 12 heteroatoms. The van der Waals surface area contributed by atoms with E-state index in [1.807, 2.05) is 32.9 Å². The van der Waals surface area contributed by atoms with Gasteiger partial charge in [0, 0.05) is 37.4 Å². The molecule has 2 heterocycles. The van der Waals surface area contributed by atoms with E-state index in [-0.39, 0.29) is 27.6 Å². The topological polar surface area (TPSA) is 112 Å². The molecule has 0 aliphatic carbocycles. The normalized spacial score (nSPS) is 15.6. The van der Waals surface area contributed by atoms with Crippen LogP contribution in [-0.2, 0) is 10.0 Å². The second kappa shape index (κ2) is 13.0. The third-order valence-electron chi connectivity index (χ3n) is 6.63. The Morgan fingerprint density at radius 2 is 1.93 bits per heavy atom. The van der Waals surface area contributed by atoms with Crippen LogP contribution in [0.3, 0.4) is 0 Å². The van der Waals surface area contributed by atoms with Crippen LogP contribution in [0.1, 0.15) is 27.2 Å². The lowest BCUT2D eigenvalue weighted by Gasteiger charge is -2.23. The Morgan fingerprint density at radius 3 is 2.62 bits per heavy atom. The number of rotatable bonds is 12. The van der Waals surface area contributed by atoms with Crippen LogP contribution in [0.25, 0.3) is 0 Å². The molecule has 216 valence electrons. The zero-order chi connectivity index (χ0) is 28.9. The van der Waals surface area contributed by atoms with Crippen LogP contribution in [-0.4, -0.2) is 69.7 Å². The van der Waals surface area contributed by atoms with E-state index in [0.29, 0.717) is 36.3 Å². The van der Waals surface area contributed by atoms with E-state index in [0.717, 1.165) is 25.2 Å². The smallest absolute Gasteiger partial charge is 0.242 e. The van der Waals surface area contributed by atoms with Crippen LogP contribution < -0.4 is 25.0 Å². The third-order valence-corrected chi connectivity index (χ3v) is 8.38. The van der Waals surface area contributed by atoms with Crippen molar-refractivity contribution >= 4 is 50.5 Å². The highest BCUT2D eigenvalue weighted by Gasteiger charge is 2.25. The molecule has 1 saturated heterocycles. The number of benzene rings is 2. The summed E-state index contributed by atoms with van der Waals surface area (Å²) in [4.78, 5) is 13.6. The molecule has 1 aromatic heterocycles. The van der Waals surface area contributed by atoms with Crippen LogP contribution in [0.2, 0.25) is 5.02 Å². The van der Waals surface area contributed by atoms with Crippen LogP contribution in [0.5, 0.6) is 5.75 Å². The number of halogens is 1. The average molecular weight is 588 g/mol. The Kier molecular flexibility index (Phi) is 9.72. The molecular formula is C28H38ClN7O3S. The molecule has 4 rings (SSSR count). The van der Waals surface area contributed by atoms with E-state index in [9.17, 15) is 8.42 Å². The lowest BCUT2D eigenvalue weighted by molar-refractivity contribution is 0.315. The summed E-state index contributed by atoms with van der Waals surface area (Å²) in [6, 6.07) is 13.2. The Morgan fingerprint density at radius 1 is 1.15 bits per heavy atom. The highest BCUT2D eigenvalue weighted by Crippen LogP contribution is 2.34. The molecule has 0 unspecified atom stereocenters. The van der Waals surface area contributed by atoms with Crippen molar-refractivity contribution in [3.8, 4) is 5.75 Å². The molecule has 1 fully saturated rings. The fourth-order valence-corrected chi connectivity index (χ4v) is 5.92. The number of para-hydroxylation sites is 1. The van der Waals surface area contributed by atoms with Crippen molar-refractivity contribution in [1.29, 1.82) is 0 Å². The number of nitrogens with one attached hydrogen (secondary N) is 3. The van der Waals surface area contributed by atoms with Crippen molar-refractivity contribution in [1.82, 2.24) is 19.6 Å². The molecule has 1 aliphatic heterocycles. The summed E-state index contributed by atoms with van der Waals surface area (Å²) < 4.78 is 34.5. The molecule has 2 aromatic carbocycles. The molecular weight excluding hydrogens is 550 g/mol. The van der Waals surface area contributed by atoms with E-state index in [2.05, 4.69) is 55.3 Å². The largest absolute Gasteiger partial charge is 0.492 e. The maximum atomic E-state index is 13.0. The molecule has 3 aromatic rings. The quantitative estimate of drug-likeness (QED) is 0.267. The molecule has 3 N–H and O–H groups in total. The molecule has 0 saturated carbocycles. The van der Waals surface area contributed by atoms with Crippen LogP contribution in [0.15, 0.2) is 53.6 Å². The van der Waals surface area contributed by atoms with Crippen molar-refractivity contribution in [2.75, 3.05) is 55.9 Å². The Balaban J connectivity index is 1.56. The van der Waals surface area contributed by atoms with E-state index in [1.54, 1.807) is 18.2 Å². The summed E-state index contributed by atoms with van der Waals surface area (Å²) in [6.45, 7) is 8.61. The number of aromatic nitrogens is 2. The Labute approximate surface area is 242 Å². The molecule has 0 spiro atoms. The zero-order valence-corrected chi connectivity index (χ0v) is 25.2. The average Bonchev–Trinajstić information content (AvgIpc) is 3.42. The number of hydrogen-bond acceptors (Lipinski definition) is 9. The minimum absolute atomic E-state index is 0.104. The van der Waals surface area contributed by atoms with Gasteiger partial charge in [0.15, 0.2) is 5.82 Å². The SMILES string of the molecule is CCOc1cc(N2CC[C@H](N(C)C)C2)ccc1Nc1ncc(Cl)c(Nc2ccccc2S(=O)(=O)NCC(C)C)n1. The first-order valence-corrected chi connectivity index (χ1v) is 15.3. The molecule has 1 aliphatic rings. The van der Waals surface area contributed by atoms with Crippen molar-refractivity contribution < 1.29 is 13.2 Å². The monoisotopic (exact) mass is 587 g/mol. The number of hydrogen-bond donors (Lipinski definition) is 3. The summed E-state index contributed by atoms with van der Waals surface area (Å²) in [5.41, 5.74) is 2.16. The van der Waals surface area contributed by atoms with Crippen LogP contribution in [0.4, 0.5) is 28.8 Å². The summed E-state index contributed by atoms with van der Waals surface area (Å²) in [6.07, 6.45) is 2.58. The summed E-state index contributed by atoms with van der Waals surface area (Å²) in [5.74, 6) is 1.41. The third kappa shape index (κ3) is 7.34. The fraction of sp³-hybridized carbons (Fsp3) is 0.429. The van der Waals surface area contributed by atoms with Gasteiger partial charge in [-0.2, -0.15) is 4.98 Å². The van der Waals surface area contributed by atoms with Crippen LogP contribution in [0, 0.1) is 5.92 Å². The van der Waals surface area contributed by atoms with Gasteiger partial charge in [0.1, 0.15) is 15.7 Å². The van der Waals surface area contributed by atoms with E-state index in [4.69, 9.17) is 16.3 Å². The lowest BCUT2D eigenvalue weighted by Crippen LogP contribution is -2.31.